The first-order chi connectivity index (χ1) is 2.00. The van der Waals surface area contributed by atoms with Crippen LogP contribution in [0.1, 0.15) is 0 Å². The van der Waals surface area contributed by atoms with Crippen LogP contribution in [0.2, 0.25) is 0 Å². The molecule has 0 amide bonds. The molecular formula is O4PbScSiTa+6. The van der Waals surface area contributed by atoms with E-state index in [0.29, 0.717) is 0 Å². The fraction of sp³-hybridized carbons (Fsp3) is 0. The minimum atomic E-state index is -5.61. The van der Waals surface area contributed by atoms with E-state index in [1.165, 1.54) is 0 Å². The predicted octanol–water partition coefficient (Wildman–Crippen LogP) is -5.52. The normalized spacial score (nSPS) is 7.50. The summed E-state index contributed by atoms with van der Waals surface area (Å²) in [4.78, 5) is 34.3. The van der Waals surface area contributed by atoms with Crippen molar-refractivity contribution >= 4 is 36.3 Å². The van der Waals surface area contributed by atoms with Crippen LogP contribution in [0.4, 0.5) is 0 Å². The van der Waals surface area contributed by atoms with Crippen LogP contribution in [0, 0.1) is 0 Å². The van der Waals surface area contributed by atoms with Crippen LogP contribution >= 0.6 is 0 Å². The first-order valence-corrected chi connectivity index (χ1v) is 2.45. The Kier molecular flexibility index (Phi) is 26.9. The first kappa shape index (κ1) is 22.4. The molecule has 0 aromatic heterocycles. The van der Waals surface area contributed by atoms with Crippen LogP contribution in [0.5, 0.6) is 0 Å². The molecule has 0 spiro atoms. The van der Waals surface area contributed by atoms with Crippen LogP contribution in [0.15, 0.2) is 0 Å². The van der Waals surface area contributed by atoms with Crippen molar-refractivity contribution in [1.29, 1.82) is 0 Å². The third-order valence-corrected chi connectivity index (χ3v) is 0. The summed E-state index contributed by atoms with van der Waals surface area (Å²) in [5.41, 5.74) is 0. The van der Waals surface area contributed by atoms with E-state index in [9.17, 15) is 0 Å². The smallest absolute Gasteiger partial charge is 0.894 e. The Morgan fingerprint density at radius 1 is 0.875 bits per heavy atom. The Bertz CT molecular complexity index is 31.5. The zero-order valence-corrected chi connectivity index (χ0v) is 13.6. The molecule has 0 fully saturated rings. The average Bonchev–Trinajstić information content (AvgIpc) is 0.722. The van der Waals surface area contributed by atoms with Crippen LogP contribution in [0.25, 0.3) is 0 Å². The second kappa shape index (κ2) is 9.59. The largest absolute Gasteiger partial charge is 5.00 e. The molecule has 0 rings (SSSR count). The minimum absolute atomic E-state index is 0. The molecule has 0 bridgehead atoms. The molecule has 34 valence electrons. The van der Waals surface area contributed by atoms with Gasteiger partial charge in [-0.25, -0.2) is 0 Å². The average molecular weight is 525 g/mol. The van der Waals surface area contributed by atoms with E-state index in [-0.39, 0.29) is 75.5 Å². The summed E-state index contributed by atoms with van der Waals surface area (Å²) in [5, 5.41) is 0. The van der Waals surface area contributed by atoms with E-state index >= 15 is 0 Å². The van der Waals surface area contributed by atoms with Gasteiger partial charge in [0.25, 0.3) is 0 Å². The summed E-state index contributed by atoms with van der Waals surface area (Å²) >= 11 is 0. The van der Waals surface area contributed by atoms with E-state index in [2.05, 4.69) is 0 Å². The number of hydrogen-bond donors (Lipinski definition) is 0. The van der Waals surface area contributed by atoms with Gasteiger partial charge >= 0.3 is 75.5 Å². The van der Waals surface area contributed by atoms with Crippen molar-refractivity contribution in [3.63, 3.8) is 0 Å². The van der Waals surface area contributed by atoms with Gasteiger partial charge < -0.3 is 28.2 Å². The number of hydrogen-bond acceptors (Lipinski definition) is 4. The second-order valence-electron chi connectivity index (χ2n) is 0.500. The van der Waals surface area contributed by atoms with Crippen molar-refractivity contribution in [3.05, 3.63) is 0 Å². The molecule has 0 saturated carbocycles. The minimum Gasteiger partial charge on any atom is -0.894 e. The van der Waals surface area contributed by atoms with Crippen LogP contribution < -0.4 is 19.2 Å². The summed E-state index contributed by atoms with van der Waals surface area (Å²) in [7, 11) is -5.61. The van der Waals surface area contributed by atoms with Gasteiger partial charge in [-0.1, -0.05) is 0 Å². The van der Waals surface area contributed by atoms with E-state index < -0.39 is 9.05 Å². The summed E-state index contributed by atoms with van der Waals surface area (Å²) in [6.45, 7) is 0. The van der Waals surface area contributed by atoms with E-state index in [0.717, 1.165) is 0 Å². The van der Waals surface area contributed by atoms with Gasteiger partial charge in [-0.3, -0.25) is 0 Å². The molecular weight excluding hydrogens is 525 g/mol. The molecule has 0 N–H and O–H groups in total. The Morgan fingerprint density at radius 3 is 0.875 bits per heavy atom. The molecule has 0 heterocycles. The molecule has 0 unspecified atom stereocenters. The monoisotopic (exact) mass is 526 g/mol. The van der Waals surface area contributed by atoms with Crippen LogP contribution in [-0.2, 0) is 48.2 Å². The fourth-order valence-corrected chi connectivity index (χ4v) is 0. The van der Waals surface area contributed by atoms with Crippen molar-refractivity contribution in [2.75, 3.05) is 0 Å². The van der Waals surface area contributed by atoms with Gasteiger partial charge in [0.2, 0.25) is 0 Å². The maximum Gasteiger partial charge on any atom is 5.00 e. The molecule has 8 heavy (non-hydrogen) atoms. The fourth-order valence-electron chi connectivity index (χ4n) is 0. The summed E-state index contributed by atoms with van der Waals surface area (Å²) in [6.07, 6.45) is 0. The molecule has 0 aromatic rings. The quantitative estimate of drug-likeness (QED) is 0.296. The van der Waals surface area contributed by atoms with Crippen molar-refractivity contribution < 1.29 is 67.4 Å². The Labute approximate surface area is 102 Å². The maximum absolute atomic E-state index is 8.58. The standard InChI is InChI=1S/O4Si.Pb.Sc.Ta/c1-5(2,3)4;;;/q-4;+2;+3;+5. The summed E-state index contributed by atoms with van der Waals surface area (Å²) in [5.74, 6) is 0. The molecule has 2 radical (unpaired) electrons. The van der Waals surface area contributed by atoms with Gasteiger partial charge in [0, 0.05) is 0 Å². The topological polar surface area (TPSA) is 92.2 Å². The SMILES string of the molecule is [O-][Si]([O-])([O-])[O-].[Pb+2].[Sc+3].[Ta+5]. The number of rotatable bonds is 0. The molecule has 0 aliphatic carbocycles. The summed E-state index contributed by atoms with van der Waals surface area (Å²) in [6, 6.07) is 0. The van der Waals surface area contributed by atoms with E-state index in [1.54, 1.807) is 0 Å². The summed E-state index contributed by atoms with van der Waals surface area (Å²) < 4.78 is 0. The van der Waals surface area contributed by atoms with E-state index in [1.807, 2.05) is 0 Å². The third kappa shape index (κ3) is 73.8. The van der Waals surface area contributed by atoms with Crippen LogP contribution in [-0.4, -0.2) is 36.3 Å². The molecule has 4 nitrogen and oxygen atoms in total. The van der Waals surface area contributed by atoms with Gasteiger partial charge in [0.1, 0.15) is 0 Å². The first-order valence-electron chi connectivity index (χ1n) is 0.816. The Balaban J connectivity index is -0.0000000267. The van der Waals surface area contributed by atoms with Gasteiger partial charge in [0.15, 0.2) is 0 Å². The van der Waals surface area contributed by atoms with Gasteiger partial charge in [-0.05, 0) is 0 Å². The predicted molar refractivity (Wildman–Crippen MR) is 11.5 cm³/mol. The van der Waals surface area contributed by atoms with Gasteiger partial charge in [-0.15, -0.1) is 0 Å². The zero-order chi connectivity index (χ0) is 4.50. The molecule has 8 heteroatoms. The van der Waals surface area contributed by atoms with E-state index in [4.69, 9.17) is 19.2 Å². The van der Waals surface area contributed by atoms with Crippen molar-refractivity contribution in [1.82, 2.24) is 0 Å². The zero-order valence-electron chi connectivity index (χ0n) is 3.66. The third-order valence-electron chi connectivity index (χ3n) is 0. The molecule has 0 aliphatic rings. The second-order valence-corrected chi connectivity index (χ2v) is 1.50. The van der Waals surface area contributed by atoms with Crippen molar-refractivity contribution in [2.45, 2.75) is 0 Å². The van der Waals surface area contributed by atoms with Gasteiger partial charge in [0.05, 0.1) is 0 Å². The van der Waals surface area contributed by atoms with Crippen molar-refractivity contribution in [3.8, 4) is 0 Å². The van der Waals surface area contributed by atoms with Crippen LogP contribution in [0.3, 0.4) is 0 Å². The Hall–Kier alpha value is 2.59. The Morgan fingerprint density at radius 2 is 0.875 bits per heavy atom. The molecule has 0 atom stereocenters. The molecule has 0 aliphatic heterocycles. The van der Waals surface area contributed by atoms with Gasteiger partial charge in [-0.2, -0.15) is 0 Å². The van der Waals surface area contributed by atoms with Crippen molar-refractivity contribution in [2.24, 2.45) is 0 Å². The molecule has 0 aromatic carbocycles. The molecule has 0 saturated heterocycles. The maximum atomic E-state index is 8.58.